The first-order valence-corrected chi connectivity index (χ1v) is 8.11. The minimum Gasteiger partial charge on any atom is -0.466 e. The van der Waals surface area contributed by atoms with E-state index in [2.05, 4.69) is 9.97 Å². The number of aryl methyl sites for hydroxylation is 2. The van der Waals surface area contributed by atoms with Crippen molar-refractivity contribution in [3.8, 4) is 0 Å². The summed E-state index contributed by atoms with van der Waals surface area (Å²) in [6.45, 7) is 5.03. The zero-order chi connectivity index (χ0) is 17.7. The average Bonchev–Trinajstić information content (AvgIpc) is 2.54. The number of esters is 1. The summed E-state index contributed by atoms with van der Waals surface area (Å²) in [5.41, 5.74) is 0.891. The minimum absolute atomic E-state index is 0.121. The van der Waals surface area contributed by atoms with Gasteiger partial charge in [0, 0.05) is 25.9 Å². The third-order valence-electron chi connectivity index (χ3n) is 4.12. The van der Waals surface area contributed by atoms with E-state index in [1.165, 1.54) is 0 Å². The van der Waals surface area contributed by atoms with E-state index >= 15 is 0 Å². The molecule has 0 aliphatic carbocycles. The molecule has 134 valence electrons. The van der Waals surface area contributed by atoms with Crippen LogP contribution in [0.4, 0.5) is 19.0 Å². The molecule has 1 saturated heterocycles. The van der Waals surface area contributed by atoms with Gasteiger partial charge in [-0.25, -0.2) is 4.98 Å². The maximum Gasteiger partial charge on any atom is 0.389 e. The van der Waals surface area contributed by atoms with Gasteiger partial charge >= 0.3 is 12.1 Å². The number of hydrogen-bond donors (Lipinski definition) is 0. The monoisotopic (exact) mass is 345 g/mol. The lowest BCUT2D eigenvalue weighted by atomic mass is 9.97. The Labute approximate surface area is 139 Å². The van der Waals surface area contributed by atoms with Crippen LogP contribution < -0.4 is 4.90 Å². The van der Waals surface area contributed by atoms with Gasteiger partial charge in [-0.3, -0.25) is 9.78 Å². The lowest BCUT2D eigenvalue weighted by Crippen LogP contribution is -2.37. The average molecular weight is 345 g/mol. The summed E-state index contributed by atoms with van der Waals surface area (Å²) < 4.78 is 42.3. The second-order valence-electron chi connectivity index (χ2n) is 5.89. The van der Waals surface area contributed by atoms with Crippen molar-refractivity contribution < 1.29 is 22.7 Å². The topological polar surface area (TPSA) is 55.3 Å². The molecule has 0 atom stereocenters. The van der Waals surface area contributed by atoms with E-state index in [1.807, 2.05) is 4.90 Å². The molecule has 2 heterocycles. The molecule has 0 spiro atoms. The number of hydrogen-bond acceptors (Lipinski definition) is 5. The van der Waals surface area contributed by atoms with Crippen LogP contribution in [0.2, 0.25) is 0 Å². The number of nitrogens with zero attached hydrogens (tertiary/aromatic N) is 3. The fourth-order valence-corrected chi connectivity index (χ4v) is 2.73. The lowest BCUT2D eigenvalue weighted by Gasteiger charge is -2.31. The Morgan fingerprint density at radius 1 is 1.38 bits per heavy atom. The van der Waals surface area contributed by atoms with Crippen molar-refractivity contribution in [2.24, 2.45) is 5.92 Å². The maximum absolute atomic E-state index is 12.4. The highest BCUT2D eigenvalue weighted by Crippen LogP contribution is 2.25. The minimum atomic E-state index is -4.21. The van der Waals surface area contributed by atoms with Gasteiger partial charge in [-0.15, -0.1) is 0 Å². The summed E-state index contributed by atoms with van der Waals surface area (Å²) in [6.07, 6.45) is -2.41. The van der Waals surface area contributed by atoms with Crippen LogP contribution >= 0.6 is 0 Å². The SMILES string of the molecule is CCOC(=O)C1CCN(c2cnc(C)c(CCC(F)(F)F)n2)CC1. The maximum atomic E-state index is 12.4. The third kappa shape index (κ3) is 5.07. The highest BCUT2D eigenvalue weighted by Gasteiger charge is 2.29. The first kappa shape index (κ1) is 18.5. The summed E-state index contributed by atoms with van der Waals surface area (Å²) in [6, 6.07) is 0. The predicted molar refractivity (Wildman–Crippen MR) is 82.7 cm³/mol. The molecule has 0 saturated carbocycles. The Morgan fingerprint density at radius 3 is 2.62 bits per heavy atom. The molecule has 1 aromatic heterocycles. The number of carbonyl (C=O) groups excluding carboxylic acids is 1. The largest absolute Gasteiger partial charge is 0.466 e. The van der Waals surface area contributed by atoms with Gasteiger partial charge in [-0.2, -0.15) is 13.2 Å². The fraction of sp³-hybridized carbons (Fsp3) is 0.688. The number of alkyl halides is 3. The summed E-state index contributed by atoms with van der Waals surface area (Å²) in [5.74, 6) is 0.266. The van der Waals surface area contributed by atoms with Crippen molar-refractivity contribution in [3.63, 3.8) is 0 Å². The smallest absolute Gasteiger partial charge is 0.389 e. The van der Waals surface area contributed by atoms with Crippen LogP contribution in [0.15, 0.2) is 6.20 Å². The molecule has 0 unspecified atom stereocenters. The molecule has 0 aromatic carbocycles. The van der Waals surface area contributed by atoms with Gasteiger partial charge < -0.3 is 9.64 Å². The second-order valence-corrected chi connectivity index (χ2v) is 5.89. The normalized spacial score (nSPS) is 16.3. The van der Waals surface area contributed by atoms with E-state index in [9.17, 15) is 18.0 Å². The predicted octanol–water partition coefficient (Wildman–Crippen LogP) is 3.06. The van der Waals surface area contributed by atoms with Crippen LogP contribution in [-0.2, 0) is 16.0 Å². The van der Waals surface area contributed by atoms with E-state index in [4.69, 9.17) is 4.74 Å². The van der Waals surface area contributed by atoms with E-state index in [-0.39, 0.29) is 18.3 Å². The quantitative estimate of drug-likeness (QED) is 0.768. The summed E-state index contributed by atoms with van der Waals surface area (Å²) in [7, 11) is 0. The number of aromatic nitrogens is 2. The van der Waals surface area contributed by atoms with Gasteiger partial charge in [-0.05, 0) is 26.7 Å². The zero-order valence-electron chi connectivity index (χ0n) is 13.9. The summed E-state index contributed by atoms with van der Waals surface area (Å²) in [5, 5.41) is 0. The van der Waals surface area contributed by atoms with Crippen LogP contribution in [-0.4, -0.2) is 41.8 Å². The number of piperidine rings is 1. The first-order chi connectivity index (χ1) is 11.3. The molecule has 1 aromatic rings. The molecule has 1 aliphatic heterocycles. The van der Waals surface area contributed by atoms with Gasteiger partial charge in [-0.1, -0.05) is 0 Å². The number of rotatable bonds is 5. The van der Waals surface area contributed by atoms with Crippen LogP contribution in [0.1, 0.15) is 37.6 Å². The van der Waals surface area contributed by atoms with Crippen molar-refractivity contribution in [1.29, 1.82) is 0 Å². The molecular formula is C16H22F3N3O2. The van der Waals surface area contributed by atoms with E-state index in [0.29, 0.717) is 49.7 Å². The molecule has 8 heteroatoms. The molecule has 0 radical (unpaired) electrons. The number of carbonyl (C=O) groups is 1. The van der Waals surface area contributed by atoms with Crippen molar-refractivity contribution in [2.75, 3.05) is 24.6 Å². The van der Waals surface area contributed by atoms with Gasteiger partial charge in [0.1, 0.15) is 5.82 Å². The van der Waals surface area contributed by atoms with Gasteiger partial charge in [0.25, 0.3) is 0 Å². The van der Waals surface area contributed by atoms with Crippen molar-refractivity contribution >= 4 is 11.8 Å². The molecule has 1 aliphatic rings. The molecule has 1 fully saturated rings. The van der Waals surface area contributed by atoms with Gasteiger partial charge in [0.05, 0.1) is 30.1 Å². The van der Waals surface area contributed by atoms with Crippen molar-refractivity contribution in [2.45, 2.75) is 45.7 Å². The highest BCUT2D eigenvalue weighted by atomic mass is 19.4. The Morgan fingerprint density at radius 2 is 2.04 bits per heavy atom. The summed E-state index contributed by atoms with van der Waals surface area (Å²) >= 11 is 0. The van der Waals surface area contributed by atoms with Crippen LogP contribution in [0.3, 0.4) is 0 Å². The molecule has 5 nitrogen and oxygen atoms in total. The van der Waals surface area contributed by atoms with E-state index in [1.54, 1.807) is 20.0 Å². The number of halogens is 3. The molecular weight excluding hydrogens is 323 g/mol. The Kier molecular flexibility index (Phi) is 6.01. The summed E-state index contributed by atoms with van der Waals surface area (Å²) in [4.78, 5) is 22.2. The molecule has 2 rings (SSSR count). The van der Waals surface area contributed by atoms with Crippen LogP contribution in [0, 0.1) is 12.8 Å². The van der Waals surface area contributed by atoms with Crippen molar-refractivity contribution in [1.82, 2.24) is 9.97 Å². The van der Waals surface area contributed by atoms with Crippen LogP contribution in [0.25, 0.3) is 0 Å². The first-order valence-electron chi connectivity index (χ1n) is 8.11. The van der Waals surface area contributed by atoms with E-state index in [0.717, 1.165) is 0 Å². The van der Waals surface area contributed by atoms with Gasteiger partial charge in [0.15, 0.2) is 0 Å². The lowest BCUT2D eigenvalue weighted by molar-refractivity contribution is -0.148. The molecule has 24 heavy (non-hydrogen) atoms. The third-order valence-corrected chi connectivity index (χ3v) is 4.12. The number of anilines is 1. The van der Waals surface area contributed by atoms with Crippen molar-refractivity contribution in [3.05, 3.63) is 17.6 Å². The second kappa shape index (κ2) is 7.81. The zero-order valence-corrected chi connectivity index (χ0v) is 13.9. The Hall–Kier alpha value is -1.86. The van der Waals surface area contributed by atoms with Gasteiger partial charge in [0.2, 0.25) is 0 Å². The van der Waals surface area contributed by atoms with Crippen LogP contribution in [0.5, 0.6) is 0 Å². The van der Waals surface area contributed by atoms with E-state index < -0.39 is 12.6 Å². The molecule has 0 amide bonds. The molecule has 0 N–H and O–H groups in total. The Bertz CT molecular complexity index is 570. The number of ether oxygens (including phenoxy) is 1. The Balaban J connectivity index is 1.99. The standard InChI is InChI=1S/C16H22F3N3O2/c1-3-24-15(23)12-5-8-22(9-6-12)14-10-20-11(2)13(21-14)4-7-16(17,18)19/h10,12H,3-9H2,1-2H3. The highest BCUT2D eigenvalue weighted by molar-refractivity contribution is 5.72. The molecule has 0 bridgehead atoms. The fourth-order valence-electron chi connectivity index (χ4n) is 2.73.